The minimum Gasteiger partial charge on any atom is -0.393 e. The molecule has 0 bridgehead atoms. The molecule has 0 spiro atoms. The van der Waals surface area contributed by atoms with Crippen molar-refractivity contribution in [1.82, 2.24) is 5.32 Å². The Kier molecular flexibility index (Phi) is 13.2. The fourth-order valence-corrected chi connectivity index (χ4v) is 4.87. The molecule has 1 rings (SSSR count). The Hall–Kier alpha value is -1.55. The molecule has 0 aromatic rings. The Balaban J connectivity index is 2.76. The molecule has 0 saturated heterocycles. The number of thioether (sulfide) groups is 1. The quantitative estimate of drug-likeness (QED) is 0.199. The molecule has 0 saturated carbocycles. The third-order valence-corrected chi connectivity index (χ3v) is 7.66. The Labute approximate surface area is 224 Å². The Morgan fingerprint density at radius 3 is 2.32 bits per heavy atom. The molecular weight excluding hydrogens is 503 g/mol. The van der Waals surface area contributed by atoms with Crippen molar-refractivity contribution < 1.29 is 33.3 Å². The van der Waals surface area contributed by atoms with E-state index in [1.165, 1.54) is 25.2 Å². The normalized spacial score (nSPS) is 21.9. The van der Waals surface area contributed by atoms with Crippen LogP contribution in [0.1, 0.15) is 74.1 Å². The maximum absolute atomic E-state index is 13.6. The lowest BCUT2D eigenvalue weighted by Crippen LogP contribution is -2.45. The van der Waals surface area contributed by atoms with Crippen LogP contribution in [-0.4, -0.2) is 51.0 Å². The van der Waals surface area contributed by atoms with Gasteiger partial charge in [-0.15, -0.1) is 11.8 Å². The second kappa shape index (κ2) is 14.6. The summed E-state index contributed by atoms with van der Waals surface area (Å²) in [5.41, 5.74) is 0.117. The third-order valence-electron chi connectivity index (χ3n) is 6.74. The van der Waals surface area contributed by atoms with Crippen molar-refractivity contribution in [3.63, 3.8) is 0 Å². The third kappa shape index (κ3) is 11.0. The number of rotatable bonds is 14. The highest BCUT2D eigenvalue weighted by atomic mass is 32.2. The van der Waals surface area contributed by atoms with E-state index in [0.29, 0.717) is 6.42 Å². The van der Waals surface area contributed by atoms with E-state index in [-0.39, 0.29) is 30.4 Å². The highest BCUT2D eigenvalue weighted by Gasteiger charge is 2.41. The van der Waals surface area contributed by atoms with Crippen LogP contribution in [0.2, 0.25) is 0 Å². The molecule has 0 aromatic carbocycles. The molecule has 9 heteroatoms. The largest absolute Gasteiger partial charge is 0.412 e. The topological polar surface area (TPSA) is 89.8 Å². The summed E-state index contributed by atoms with van der Waals surface area (Å²) in [5, 5.41) is 36.1. The number of hydrogen-bond donors (Lipinski definition) is 4. The van der Waals surface area contributed by atoms with Gasteiger partial charge >= 0.3 is 6.18 Å². The number of carbonyl (C=O) groups is 1. The van der Waals surface area contributed by atoms with Crippen LogP contribution < -0.4 is 5.32 Å². The minimum atomic E-state index is -4.46. The highest BCUT2D eigenvalue weighted by molar-refractivity contribution is 8.02. The zero-order valence-corrected chi connectivity index (χ0v) is 23.8. The lowest BCUT2D eigenvalue weighted by atomic mass is 9.73. The monoisotopic (exact) mass is 547 g/mol. The lowest BCUT2D eigenvalue weighted by molar-refractivity contribution is -0.142. The number of ketones is 1. The second-order valence-electron chi connectivity index (χ2n) is 10.7. The molecule has 1 aliphatic heterocycles. The molecule has 212 valence electrons. The fraction of sp³-hybridized carbons (Fsp3) is 0.679. The maximum Gasteiger partial charge on any atom is 0.412 e. The van der Waals surface area contributed by atoms with Gasteiger partial charge in [-0.3, -0.25) is 4.79 Å². The van der Waals surface area contributed by atoms with Crippen molar-refractivity contribution in [1.29, 1.82) is 0 Å². The van der Waals surface area contributed by atoms with E-state index in [9.17, 15) is 33.3 Å². The van der Waals surface area contributed by atoms with Crippen LogP contribution >= 0.6 is 11.8 Å². The summed E-state index contributed by atoms with van der Waals surface area (Å²) in [7, 11) is 0. The summed E-state index contributed by atoms with van der Waals surface area (Å²) < 4.78 is 40.7. The first-order valence-electron chi connectivity index (χ1n) is 12.8. The first-order valence-corrected chi connectivity index (χ1v) is 13.7. The van der Waals surface area contributed by atoms with E-state index < -0.39 is 47.3 Å². The summed E-state index contributed by atoms with van der Waals surface area (Å²) in [6, 6.07) is 0. The van der Waals surface area contributed by atoms with Crippen molar-refractivity contribution >= 4 is 17.5 Å². The molecule has 0 aromatic heterocycles. The van der Waals surface area contributed by atoms with E-state index in [1.54, 1.807) is 39.5 Å². The van der Waals surface area contributed by atoms with Gasteiger partial charge in [0.05, 0.1) is 23.7 Å². The number of alkyl halides is 3. The van der Waals surface area contributed by atoms with Gasteiger partial charge in [0.1, 0.15) is 5.78 Å². The Morgan fingerprint density at radius 1 is 1.19 bits per heavy atom. The molecular formula is C28H44F3NO4S. The first-order chi connectivity index (χ1) is 17.0. The standard InChI is InChI=1S/C28H44F3NO4S/c1-17(14-23-16-37-21(5)32-23)10-8-12-22(28(29,30)31)13-9-11-18(2)25(35)20(4)26(36)27(6,7)24(34)15-19(3)33/h9,11-12,14,16,18-21,24-25,32-35H,8,10,13,15H2,1-7H3/b11-9+,17-14+,22-12+/t18?,19?,20?,21?,24?,25-/m0/s1. The van der Waals surface area contributed by atoms with Crippen LogP contribution in [0.15, 0.2) is 46.6 Å². The molecule has 0 amide bonds. The van der Waals surface area contributed by atoms with Crippen molar-refractivity contribution in [2.24, 2.45) is 17.3 Å². The van der Waals surface area contributed by atoms with Gasteiger partial charge in [0, 0.05) is 28.5 Å². The molecule has 0 fully saturated rings. The maximum atomic E-state index is 13.6. The van der Waals surface area contributed by atoms with E-state index >= 15 is 0 Å². The first kappa shape index (κ1) is 33.5. The van der Waals surface area contributed by atoms with E-state index in [4.69, 9.17) is 0 Å². The van der Waals surface area contributed by atoms with Gasteiger partial charge in [-0.1, -0.05) is 51.5 Å². The fourth-order valence-electron chi connectivity index (χ4n) is 4.18. The van der Waals surface area contributed by atoms with Crippen LogP contribution in [0.3, 0.4) is 0 Å². The highest BCUT2D eigenvalue weighted by Crippen LogP contribution is 2.32. The number of halogens is 3. The van der Waals surface area contributed by atoms with Gasteiger partial charge in [0.2, 0.25) is 0 Å². The van der Waals surface area contributed by atoms with Crippen molar-refractivity contribution in [3.05, 3.63) is 46.6 Å². The van der Waals surface area contributed by atoms with Crippen molar-refractivity contribution in [2.45, 2.75) is 104 Å². The van der Waals surface area contributed by atoms with Gasteiger partial charge in [0.25, 0.3) is 0 Å². The van der Waals surface area contributed by atoms with Crippen LogP contribution in [0, 0.1) is 17.3 Å². The van der Waals surface area contributed by atoms with Gasteiger partial charge in [-0.2, -0.15) is 13.2 Å². The van der Waals surface area contributed by atoms with Crippen molar-refractivity contribution in [3.8, 4) is 0 Å². The van der Waals surface area contributed by atoms with Gasteiger partial charge < -0.3 is 20.6 Å². The number of Topliss-reactive ketones (excluding diaryl/α,β-unsaturated/α-hetero) is 1. The van der Waals surface area contributed by atoms with Gasteiger partial charge in [0.15, 0.2) is 0 Å². The SMILES string of the molecule is C/C(=C\C1=CSC(C)N1)CC/C=C(\C/C=C/C(C)[C@H](O)C(C)C(=O)C(C)(C)C(O)CC(C)O)C(F)(F)F. The number of nitrogens with one attached hydrogen (secondary N) is 1. The summed E-state index contributed by atoms with van der Waals surface area (Å²) >= 11 is 1.66. The van der Waals surface area contributed by atoms with Crippen LogP contribution in [0.25, 0.3) is 0 Å². The molecule has 1 aliphatic rings. The van der Waals surface area contributed by atoms with Crippen LogP contribution in [-0.2, 0) is 4.79 Å². The molecule has 0 aliphatic carbocycles. The molecule has 5 unspecified atom stereocenters. The Morgan fingerprint density at radius 2 is 1.81 bits per heavy atom. The van der Waals surface area contributed by atoms with Gasteiger partial charge in [-0.05, 0) is 57.9 Å². The summed E-state index contributed by atoms with van der Waals surface area (Å²) in [4.78, 5) is 12.9. The summed E-state index contributed by atoms with van der Waals surface area (Å²) in [6.07, 6.45) is -0.967. The number of carbonyl (C=O) groups excluding carboxylic acids is 1. The summed E-state index contributed by atoms with van der Waals surface area (Å²) in [5.74, 6) is -1.79. The van der Waals surface area contributed by atoms with Crippen molar-refractivity contribution in [2.75, 3.05) is 0 Å². The average molecular weight is 548 g/mol. The predicted octanol–water partition coefficient (Wildman–Crippen LogP) is 6.03. The summed E-state index contributed by atoms with van der Waals surface area (Å²) in [6.45, 7) is 11.7. The Bertz CT molecular complexity index is 877. The van der Waals surface area contributed by atoms with Gasteiger partial charge in [-0.25, -0.2) is 0 Å². The molecule has 4 N–H and O–H groups in total. The number of aliphatic hydroxyl groups excluding tert-OH is 3. The second-order valence-corrected chi connectivity index (χ2v) is 11.9. The lowest BCUT2D eigenvalue weighted by Gasteiger charge is -2.34. The molecule has 37 heavy (non-hydrogen) atoms. The van der Waals surface area contributed by atoms with E-state index in [2.05, 4.69) is 5.32 Å². The predicted molar refractivity (Wildman–Crippen MR) is 145 cm³/mol. The zero-order valence-electron chi connectivity index (χ0n) is 23.0. The van der Waals surface area contributed by atoms with E-state index in [0.717, 1.165) is 11.3 Å². The van der Waals surface area contributed by atoms with E-state index in [1.807, 2.05) is 25.3 Å². The number of aliphatic hydroxyl groups is 3. The van der Waals surface area contributed by atoms with Crippen LogP contribution in [0.4, 0.5) is 13.2 Å². The molecule has 5 nitrogen and oxygen atoms in total. The molecule has 6 atom stereocenters. The number of allylic oxidation sites excluding steroid dienone is 5. The smallest absolute Gasteiger partial charge is 0.393 e. The zero-order chi connectivity index (χ0) is 28.6. The minimum absolute atomic E-state index is 0.0197. The average Bonchev–Trinajstić information content (AvgIpc) is 3.19. The molecule has 0 radical (unpaired) electrons. The number of hydrogen-bond acceptors (Lipinski definition) is 6. The van der Waals surface area contributed by atoms with Crippen LogP contribution in [0.5, 0.6) is 0 Å². The molecule has 1 heterocycles.